The Morgan fingerprint density at radius 3 is 2.48 bits per heavy atom. The third-order valence-corrected chi connectivity index (χ3v) is 2.82. The second-order valence-electron chi connectivity index (χ2n) is 4.57. The summed E-state index contributed by atoms with van der Waals surface area (Å²) in [7, 11) is 0. The molecule has 1 unspecified atom stereocenters. The van der Waals surface area contributed by atoms with Crippen LogP contribution in [0.25, 0.3) is 0 Å². The summed E-state index contributed by atoms with van der Waals surface area (Å²) in [4.78, 5) is 0. The molecule has 0 aliphatic rings. The van der Waals surface area contributed by atoms with Gasteiger partial charge in [0.2, 0.25) is 0 Å². The number of aliphatic hydroxyl groups excluding tert-OH is 1. The average Bonchev–Trinajstić information content (AvgIpc) is 2.51. The fourth-order valence-electron chi connectivity index (χ4n) is 1.78. The molecule has 0 bridgehead atoms. The number of aryl methyl sites for hydroxylation is 1. The van der Waals surface area contributed by atoms with Crippen LogP contribution in [-0.4, -0.2) is 5.11 Å². The van der Waals surface area contributed by atoms with E-state index < -0.39 is 6.10 Å². The molecular weight excluding hydrogens is 256 g/mol. The van der Waals surface area contributed by atoms with Gasteiger partial charge in [-0.05, 0) is 42.3 Å². The zero-order valence-electron chi connectivity index (χ0n) is 11.9. The van der Waals surface area contributed by atoms with E-state index in [9.17, 15) is 5.11 Å². The van der Waals surface area contributed by atoms with E-state index in [0.29, 0.717) is 0 Å². The van der Waals surface area contributed by atoms with Gasteiger partial charge in [0.15, 0.2) is 0 Å². The number of hydrogen-bond acceptors (Lipinski definition) is 1. The number of aliphatic hydroxyl groups is 1. The van der Waals surface area contributed by atoms with E-state index in [2.05, 4.69) is 23.7 Å². The summed E-state index contributed by atoms with van der Waals surface area (Å²) in [5, 5.41) is 9.84. The van der Waals surface area contributed by atoms with Gasteiger partial charge in [-0.25, -0.2) is 0 Å². The van der Waals surface area contributed by atoms with Gasteiger partial charge >= 0.3 is 0 Å². The highest BCUT2D eigenvalue weighted by molar-refractivity contribution is 5.40. The molecule has 21 heavy (non-hydrogen) atoms. The lowest BCUT2D eigenvalue weighted by atomic mass is 10.1. The normalized spacial score (nSPS) is 11.1. The zero-order valence-corrected chi connectivity index (χ0v) is 11.9. The molecular formula is C20H16O. The van der Waals surface area contributed by atoms with Gasteiger partial charge in [-0.2, -0.15) is 0 Å². The first-order chi connectivity index (χ1) is 10.3. The Labute approximate surface area is 126 Å². The maximum atomic E-state index is 9.84. The molecule has 2 aromatic rings. The van der Waals surface area contributed by atoms with Crippen LogP contribution in [0.4, 0.5) is 0 Å². The Morgan fingerprint density at radius 2 is 1.71 bits per heavy atom. The van der Waals surface area contributed by atoms with E-state index in [-0.39, 0.29) is 0 Å². The summed E-state index contributed by atoms with van der Waals surface area (Å²) in [5.74, 6) is 11.5. The zero-order chi connectivity index (χ0) is 14.9. The number of rotatable bonds is 1. The van der Waals surface area contributed by atoms with Crippen LogP contribution in [0.2, 0.25) is 0 Å². The fraction of sp³-hybridized carbons (Fsp3) is 0.100. The molecule has 1 heteroatoms. The first kappa shape index (κ1) is 14.7. The van der Waals surface area contributed by atoms with Crippen LogP contribution in [0.5, 0.6) is 0 Å². The summed E-state index contributed by atoms with van der Waals surface area (Å²) in [6, 6.07) is 17.4. The van der Waals surface area contributed by atoms with Crippen LogP contribution in [0.15, 0.2) is 66.7 Å². The van der Waals surface area contributed by atoms with Crippen molar-refractivity contribution in [2.45, 2.75) is 13.0 Å². The number of allylic oxidation sites excluding steroid dienone is 2. The summed E-state index contributed by atoms with van der Waals surface area (Å²) in [5.41, 5.74) is 2.97. The topological polar surface area (TPSA) is 20.2 Å². The van der Waals surface area contributed by atoms with Crippen LogP contribution in [-0.2, 0) is 0 Å². The quantitative estimate of drug-likeness (QED) is 0.786. The molecule has 1 N–H and O–H groups in total. The van der Waals surface area contributed by atoms with Crippen molar-refractivity contribution in [3.8, 4) is 23.7 Å². The van der Waals surface area contributed by atoms with E-state index in [4.69, 9.17) is 0 Å². The Kier molecular flexibility index (Phi) is 5.41. The molecule has 0 aliphatic carbocycles. The summed E-state index contributed by atoms with van der Waals surface area (Å²) in [6.45, 7) is 2.04. The number of benzene rings is 2. The molecule has 0 radical (unpaired) electrons. The average molecular weight is 272 g/mol. The smallest absolute Gasteiger partial charge is 0.140 e. The Bertz CT molecular complexity index is 734. The van der Waals surface area contributed by atoms with Gasteiger partial charge < -0.3 is 5.11 Å². The molecule has 0 saturated heterocycles. The predicted molar refractivity (Wildman–Crippen MR) is 86.4 cm³/mol. The Morgan fingerprint density at radius 1 is 0.952 bits per heavy atom. The summed E-state index contributed by atoms with van der Waals surface area (Å²) >= 11 is 0. The SMILES string of the molecule is Cc1cccc(C#C/C=C\C#CC(O)c2ccccc2)c1. The van der Waals surface area contributed by atoms with Crippen molar-refractivity contribution in [3.63, 3.8) is 0 Å². The molecule has 0 amide bonds. The van der Waals surface area contributed by atoms with E-state index in [1.54, 1.807) is 12.2 Å². The van der Waals surface area contributed by atoms with Gasteiger partial charge in [0.05, 0.1) is 0 Å². The highest BCUT2D eigenvalue weighted by Gasteiger charge is 1.99. The van der Waals surface area contributed by atoms with E-state index in [1.165, 1.54) is 5.56 Å². The highest BCUT2D eigenvalue weighted by Crippen LogP contribution is 2.09. The molecule has 0 heterocycles. The van der Waals surface area contributed by atoms with Gasteiger partial charge in [0.25, 0.3) is 0 Å². The Balaban J connectivity index is 1.94. The van der Waals surface area contributed by atoms with Gasteiger partial charge in [-0.3, -0.25) is 0 Å². The molecule has 2 rings (SSSR count). The molecule has 1 nitrogen and oxygen atoms in total. The first-order valence-corrected chi connectivity index (χ1v) is 6.73. The van der Waals surface area contributed by atoms with Crippen LogP contribution < -0.4 is 0 Å². The van der Waals surface area contributed by atoms with Crippen molar-refractivity contribution >= 4 is 0 Å². The summed E-state index contributed by atoms with van der Waals surface area (Å²) < 4.78 is 0. The minimum Gasteiger partial charge on any atom is -0.376 e. The van der Waals surface area contributed by atoms with Crippen LogP contribution in [0.1, 0.15) is 22.8 Å². The number of hydrogen-bond donors (Lipinski definition) is 1. The molecule has 2 aromatic carbocycles. The van der Waals surface area contributed by atoms with Crippen molar-refractivity contribution in [1.29, 1.82) is 0 Å². The van der Waals surface area contributed by atoms with Gasteiger partial charge in [-0.15, -0.1) is 0 Å². The van der Waals surface area contributed by atoms with Crippen LogP contribution >= 0.6 is 0 Å². The lowest BCUT2D eigenvalue weighted by Gasteiger charge is -2.01. The van der Waals surface area contributed by atoms with Gasteiger partial charge in [0, 0.05) is 5.56 Å². The minimum atomic E-state index is -0.763. The molecule has 0 aliphatic heterocycles. The second kappa shape index (κ2) is 7.75. The summed E-state index contributed by atoms with van der Waals surface area (Å²) in [6.07, 6.45) is 2.57. The molecule has 0 aromatic heterocycles. The molecule has 0 saturated carbocycles. The largest absolute Gasteiger partial charge is 0.376 e. The Hall–Kier alpha value is -2.74. The van der Waals surface area contributed by atoms with E-state index in [0.717, 1.165) is 11.1 Å². The molecule has 102 valence electrons. The van der Waals surface area contributed by atoms with Crippen LogP contribution in [0, 0.1) is 30.6 Å². The van der Waals surface area contributed by atoms with Crippen molar-refractivity contribution in [1.82, 2.24) is 0 Å². The third kappa shape index (κ3) is 5.03. The van der Waals surface area contributed by atoms with E-state index >= 15 is 0 Å². The van der Waals surface area contributed by atoms with E-state index in [1.807, 2.05) is 61.5 Å². The van der Waals surface area contributed by atoms with Gasteiger partial charge in [0.1, 0.15) is 6.10 Å². The van der Waals surface area contributed by atoms with Crippen molar-refractivity contribution < 1.29 is 5.11 Å². The van der Waals surface area contributed by atoms with Gasteiger partial charge in [-0.1, -0.05) is 66.1 Å². The fourth-order valence-corrected chi connectivity index (χ4v) is 1.78. The minimum absolute atomic E-state index is 0.763. The molecule has 1 atom stereocenters. The molecule has 0 fully saturated rings. The standard InChI is InChI=1S/C20H16O/c1-17-10-9-12-18(16-17)11-5-2-3-8-15-20(21)19-13-6-4-7-14-19/h2-4,6-7,9-10,12-14,16,20-21H,1H3/b3-2-. The lowest BCUT2D eigenvalue weighted by Crippen LogP contribution is -1.91. The highest BCUT2D eigenvalue weighted by atomic mass is 16.3. The van der Waals surface area contributed by atoms with Crippen molar-refractivity contribution in [3.05, 3.63) is 83.4 Å². The lowest BCUT2D eigenvalue weighted by molar-refractivity contribution is 0.238. The second-order valence-corrected chi connectivity index (χ2v) is 4.57. The third-order valence-electron chi connectivity index (χ3n) is 2.82. The van der Waals surface area contributed by atoms with Crippen LogP contribution in [0.3, 0.4) is 0 Å². The first-order valence-electron chi connectivity index (χ1n) is 6.73. The maximum Gasteiger partial charge on any atom is 0.140 e. The predicted octanol–water partition coefficient (Wildman–Crippen LogP) is 3.64. The molecule has 0 spiro atoms. The maximum absolute atomic E-state index is 9.84. The monoisotopic (exact) mass is 272 g/mol. The van der Waals surface area contributed by atoms with Crippen molar-refractivity contribution in [2.75, 3.05) is 0 Å². The van der Waals surface area contributed by atoms with Crippen molar-refractivity contribution in [2.24, 2.45) is 0 Å².